The molecule has 2 N–H and O–H groups in total. The first-order chi connectivity index (χ1) is 14.6. The smallest absolute Gasteiger partial charge is 0.256 e. The molecule has 2 aromatic carbocycles. The van der Waals surface area contributed by atoms with Crippen molar-refractivity contribution in [3.05, 3.63) is 87.5 Å². The molecule has 4 rings (SSSR count). The normalized spacial score (nSPS) is 15.7. The van der Waals surface area contributed by atoms with E-state index in [4.69, 9.17) is 0 Å². The lowest BCUT2D eigenvalue weighted by molar-refractivity contribution is -0.930. The zero-order valence-electron chi connectivity index (χ0n) is 17.5. The molecule has 156 valence electrons. The molecule has 1 saturated heterocycles. The zero-order chi connectivity index (χ0) is 21.1. The van der Waals surface area contributed by atoms with Gasteiger partial charge in [-0.15, -0.1) is 11.3 Å². The molecule has 0 saturated carbocycles. The molecule has 1 atom stereocenters. The highest BCUT2D eigenvalue weighted by molar-refractivity contribution is 7.16. The van der Waals surface area contributed by atoms with Gasteiger partial charge < -0.3 is 10.2 Å². The third-order valence-corrected chi connectivity index (χ3v) is 7.24. The Bertz CT molecular complexity index is 1020. The molecule has 1 aliphatic rings. The maximum atomic E-state index is 15.0. The van der Waals surface area contributed by atoms with Gasteiger partial charge in [-0.05, 0) is 62.9 Å². The van der Waals surface area contributed by atoms with E-state index in [1.807, 2.05) is 42.5 Å². The van der Waals surface area contributed by atoms with Gasteiger partial charge in [0, 0.05) is 16.0 Å². The molecule has 2 heterocycles. The highest BCUT2D eigenvalue weighted by Gasteiger charge is 2.35. The number of anilines is 1. The Labute approximate surface area is 181 Å². The molecular formula is C25H28FN2OS+. The van der Waals surface area contributed by atoms with Crippen molar-refractivity contribution in [2.45, 2.75) is 39.2 Å². The van der Waals surface area contributed by atoms with Crippen LogP contribution in [-0.4, -0.2) is 19.0 Å². The number of thiophene rings is 1. The van der Waals surface area contributed by atoms with Crippen LogP contribution in [0, 0.1) is 19.7 Å². The summed E-state index contributed by atoms with van der Waals surface area (Å²) in [5.41, 5.74) is 3.55. The molecule has 0 unspecified atom stereocenters. The Morgan fingerprint density at radius 1 is 1.00 bits per heavy atom. The quantitative estimate of drug-likeness (QED) is 0.600. The van der Waals surface area contributed by atoms with Crippen LogP contribution >= 0.6 is 11.3 Å². The molecule has 3 nitrogen and oxygen atoms in total. The van der Waals surface area contributed by atoms with E-state index < -0.39 is 0 Å². The molecular weight excluding hydrogens is 395 g/mol. The van der Waals surface area contributed by atoms with Gasteiger partial charge in [0.25, 0.3) is 5.91 Å². The van der Waals surface area contributed by atoms with E-state index in [2.05, 4.69) is 19.2 Å². The summed E-state index contributed by atoms with van der Waals surface area (Å²) in [6.45, 7) is 6.20. The van der Waals surface area contributed by atoms with Crippen LogP contribution in [0.4, 0.5) is 9.39 Å². The van der Waals surface area contributed by atoms with Gasteiger partial charge >= 0.3 is 0 Å². The molecule has 1 amide bonds. The van der Waals surface area contributed by atoms with Gasteiger partial charge in [0.2, 0.25) is 0 Å². The molecule has 3 aromatic rings. The average molecular weight is 424 g/mol. The van der Waals surface area contributed by atoms with Crippen molar-refractivity contribution < 1.29 is 14.1 Å². The predicted octanol–water partition coefficient (Wildman–Crippen LogP) is 4.91. The number of benzene rings is 2. The molecule has 30 heavy (non-hydrogen) atoms. The number of rotatable bonds is 5. The van der Waals surface area contributed by atoms with E-state index >= 15 is 0 Å². The van der Waals surface area contributed by atoms with E-state index in [0.29, 0.717) is 11.1 Å². The van der Waals surface area contributed by atoms with E-state index in [0.717, 1.165) is 46.9 Å². The largest absolute Gasteiger partial charge is 0.325 e. The Kier molecular flexibility index (Phi) is 6.30. The second-order valence-electron chi connectivity index (χ2n) is 8.02. The van der Waals surface area contributed by atoms with Crippen molar-refractivity contribution in [3.8, 4) is 0 Å². The molecule has 0 spiro atoms. The molecule has 0 radical (unpaired) electrons. The van der Waals surface area contributed by atoms with Crippen LogP contribution in [0.2, 0.25) is 0 Å². The summed E-state index contributed by atoms with van der Waals surface area (Å²) in [6, 6.07) is 16.2. The minimum absolute atomic E-state index is 0.123. The summed E-state index contributed by atoms with van der Waals surface area (Å²) >= 11 is 1.59. The van der Waals surface area contributed by atoms with Crippen molar-refractivity contribution in [1.29, 1.82) is 0 Å². The number of piperidine rings is 1. The number of halogens is 1. The van der Waals surface area contributed by atoms with Gasteiger partial charge in [0.1, 0.15) is 16.9 Å². The lowest BCUT2D eigenvalue weighted by Gasteiger charge is -2.33. The summed E-state index contributed by atoms with van der Waals surface area (Å²) in [5, 5.41) is 3.98. The fraction of sp³-hybridized carbons (Fsp3) is 0.320. The van der Waals surface area contributed by atoms with E-state index in [-0.39, 0.29) is 17.8 Å². The minimum atomic E-state index is -0.177. The molecule has 1 aromatic heterocycles. The van der Waals surface area contributed by atoms with Crippen LogP contribution in [0.3, 0.4) is 0 Å². The summed E-state index contributed by atoms with van der Waals surface area (Å²) in [4.78, 5) is 15.4. The van der Waals surface area contributed by atoms with Gasteiger partial charge in [-0.25, -0.2) is 4.39 Å². The summed E-state index contributed by atoms with van der Waals surface area (Å²) in [7, 11) is 0. The first-order valence-electron chi connectivity index (χ1n) is 10.6. The topological polar surface area (TPSA) is 33.5 Å². The lowest BCUT2D eigenvalue weighted by atomic mass is 9.92. The number of likely N-dealkylation sites (tertiary alicyclic amines) is 1. The number of amides is 1. The lowest BCUT2D eigenvalue weighted by Crippen LogP contribution is -3.13. The highest BCUT2D eigenvalue weighted by Crippen LogP contribution is 2.39. The third-order valence-electron chi connectivity index (χ3n) is 6.10. The van der Waals surface area contributed by atoms with Crippen LogP contribution in [0.25, 0.3) is 0 Å². The number of carbonyl (C=O) groups excluding carboxylic acids is 1. The molecule has 1 fully saturated rings. The van der Waals surface area contributed by atoms with Gasteiger partial charge in [0.05, 0.1) is 18.7 Å². The fourth-order valence-corrected chi connectivity index (χ4v) is 5.53. The van der Waals surface area contributed by atoms with Gasteiger partial charge in [0.15, 0.2) is 0 Å². The molecule has 0 aliphatic carbocycles. The number of quaternary nitrogens is 1. The van der Waals surface area contributed by atoms with Crippen molar-refractivity contribution in [2.24, 2.45) is 0 Å². The SMILES string of the molecule is Cc1sc(NC(=O)c2ccccc2)c([C@H](c2ccccc2F)[NH+]2CCCCC2)c1C. The second-order valence-corrected chi connectivity index (χ2v) is 9.24. The molecule has 5 heteroatoms. The third kappa shape index (κ3) is 4.18. The maximum Gasteiger partial charge on any atom is 0.256 e. The second kappa shape index (κ2) is 9.11. The number of hydrogen-bond acceptors (Lipinski definition) is 2. The average Bonchev–Trinajstić information content (AvgIpc) is 3.04. The van der Waals surface area contributed by atoms with E-state index in [1.54, 1.807) is 23.5 Å². The summed E-state index contributed by atoms with van der Waals surface area (Å²) in [5.74, 6) is -0.303. The molecule has 1 aliphatic heterocycles. The Morgan fingerprint density at radius 3 is 2.37 bits per heavy atom. The van der Waals surface area contributed by atoms with Crippen LogP contribution in [0.5, 0.6) is 0 Å². The van der Waals surface area contributed by atoms with Gasteiger partial charge in [-0.3, -0.25) is 4.79 Å². The van der Waals surface area contributed by atoms with Crippen molar-refractivity contribution >= 4 is 22.2 Å². The first kappa shape index (κ1) is 20.8. The first-order valence-corrected chi connectivity index (χ1v) is 11.4. The maximum absolute atomic E-state index is 15.0. The van der Waals surface area contributed by atoms with Crippen LogP contribution in [-0.2, 0) is 0 Å². The van der Waals surface area contributed by atoms with E-state index in [1.165, 1.54) is 11.3 Å². The minimum Gasteiger partial charge on any atom is -0.325 e. The van der Waals surface area contributed by atoms with Crippen LogP contribution in [0.15, 0.2) is 54.6 Å². The van der Waals surface area contributed by atoms with Crippen molar-refractivity contribution in [1.82, 2.24) is 0 Å². The Morgan fingerprint density at radius 2 is 1.67 bits per heavy atom. The van der Waals surface area contributed by atoms with Gasteiger partial charge in [-0.1, -0.05) is 30.3 Å². The van der Waals surface area contributed by atoms with Crippen molar-refractivity contribution in [3.63, 3.8) is 0 Å². The van der Waals surface area contributed by atoms with Crippen molar-refractivity contribution in [2.75, 3.05) is 18.4 Å². The monoisotopic (exact) mass is 423 g/mol. The number of carbonyl (C=O) groups is 1. The van der Waals surface area contributed by atoms with Crippen LogP contribution in [0.1, 0.15) is 57.2 Å². The van der Waals surface area contributed by atoms with Gasteiger partial charge in [-0.2, -0.15) is 0 Å². The number of aryl methyl sites for hydroxylation is 1. The molecule has 0 bridgehead atoms. The zero-order valence-corrected chi connectivity index (χ0v) is 18.3. The fourth-order valence-electron chi connectivity index (χ4n) is 4.43. The number of hydrogen-bond donors (Lipinski definition) is 2. The Hall–Kier alpha value is -2.50. The standard InChI is InChI=1S/C25H27FN2OS/c1-17-18(2)30-25(27-24(29)19-11-5-3-6-12-19)22(17)23(28-15-9-4-10-16-28)20-13-7-8-14-21(20)26/h3,5-8,11-14,23H,4,9-10,15-16H2,1-2H3,(H,27,29)/p+1/t23-/m0/s1. The summed E-state index contributed by atoms with van der Waals surface area (Å²) < 4.78 is 15.0. The van der Waals surface area contributed by atoms with Crippen LogP contribution < -0.4 is 10.2 Å². The predicted molar refractivity (Wildman–Crippen MR) is 121 cm³/mol. The van der Waals surface area contributed by atoms with E-state index in [9.17, 15) is 9.18 Å². The summed E-state index contributed by atoms with van der Waals surface area (Å²) in [6.07, 6.45) is 3.52. The Balaban J connectivity index is 1.79. The number of nitrogens with one attached hydrogen (secondary N) is 2. The highest BCUT2D eigenvalue weighted by atomic mass is 32.1.